The van der Waals surface area contributed by atoms with Gasteiger partial charge < -0.3 is 14.8 Å². The number of aromatic nitrogens is 2. The summed E-state index contributed by atoms with van der Waals surface area (Å²) < 4.78 is 10.7. The second-order valence-electron chi connectivity index (χ2n) is 7.55. The summed E-state index contributed by atoms with van der Waals surface area (Å²) in [5, 5.41) is 4.60. The summed E-state index contributed by atoms with van der Waals surface area (Å²) in [5.41, 5.74) is 0.904. The minimum Gasteiger partial charge on any atom is -0.462 e. The maximum atomic E-state index is 12.3. The lowest BCUT2D eigenvalue weighted by atomic mass is 10.0. The highest BCUT2D eigenvalue weighted by molar-refractivity contribution is 7.20. The van der Waals surface area contributed by atoms with E-state index in [0.29, 0.717) is 29.4 Å². The van der Waals surface area contributed by atoms with E-state index in [1.165, 1.54) is 11.3 Å². The molecule has 1 N–H and O–H groups in total. The molecular weight excluding hydrogens is 376 g/mol. The highest BCUT2D eigenvalue weighted by atomic mass is 32.1. The van der Waals surface area contributed by atoms with Gasteiger partial charge in [-0.2, -0.15) is 0 Å². The summed E-state index contributed by atoms with van der Waals surface area (Å²) in [6, 6.07) is 0.960. The Kier molecular flexibility index (Phi) is 5.80. The van der Waals surface area contributed by atoms with Gasteiger partial charge in [0.15, 0.2) is 0 Å². The fraction of sp³-hybridized carbons (Fsp3) is 0.650. The third-order valence-corrected chi connectivity index (χ3v) is 6.82. The number of anilines is 1. The Balaban J connectivity index is 1.53. The van der Waals surface area contributed by atoms with Crippen molar-refractivity contribution in [2.24, 2.45) is 0 Å². The Labute approximate surface area is 169 Å². The molecule has 2 saturated heterocycles. The molecule has 2 aliphatic heterocycles. The summed E-state index contributed by atoms with van der Waals surface area (Å²) in [5.74, 6) is 1.28. The number of nitrogens with one attached hydrogen (secondary N) is 1. The molecule has 7 nitrogen and oxygen atoms in total. The fourth-order valence-corrected chi connectivity index (χ4v) is 5.27. The first-order valence-electron chi connectivity index (χ1n) is 10.1. The maximum Gasteiger partial charge on any atom is 0.348 e. The first kappa shape index (κ1) is 19.5. The lowest BCUT2D eigenvalue weighted by molar-refractivity contribution is 0.0531. The Bertz CT molecular complexity index is 855. The van der Waals surface area contributed by atoms with Crippen LogP contribution in [0.15, 0.2) is 0 Å². The summed E-state index contributed by atoms with van der Waals surface area (Å²) in [4.78, 5) is 25.5. The van der Waals surface area contributed by atoms with E-state index in [0.717, 1.165) is 67.2 Å². The molecule has 8 heteroatoms. The lowest BCUT2D eigenvalue weighted by Gasteiger charge is -2.35. The van der Waals surface area contributed by atoms with Crippen LogP contribution in [0.5, 0.6) is 0 Å². The normalized spacial score (nSPS) is 21.3. The number of piperidine rings is 1. The van der Waals surface area contributed by atoms with Crippen LogP contribution in [0.2, 0.25) is 0 Å². The third kappa shape index (κ3) is 3.86. The van der Waals surface area contributed by atoms with Crippen molar-refractivity contribution in [3.8, 4) is 0 Å². The van der Waals surface area contributed by atoms with Gasteiger partial charge in [-0.05, 0) is 45.6 Å². The summed E-state index contributed by atoms with van der Waals surface area (Å²) in [6.45, 7) is 9.96. The van der Waals surface area contributed by atoms with Crippen LogP contribution in [0.25, 0.3) is 10.2 Å². The molecular formula is C20H28N4O3S. The van der Waals surface area contributed by atoms with E-state index < -0.39 is 0 Å². The number of likely N-dealkylation sites (tertiary alicyclic amines) is 1. The Morgan fingerprint density at radius 2 is 2.07 bits per heavy atom. The molecule has 1 atom stereocenters. The van der Waals surface area contributed by atoms with Crippen LogP contribution in [0.3, 0.4) is 0 Å². The van der Waals surface area contributed by atoms with Crippen LogP contribution in [-0.2, 0) is 9.47 Å². The van der Waals surface area contributed by atoms with Crippen LogP contribution in [0.4, 0.5) is 5.82 Å². The molecule has 4 rings (SSSR count). The van der Waals surface area contributed by atoms with Crippen molar-refractivity contribution < 1.29 is 14.3 Å². The third-order valence-electron chi connectivity index (χ3n) is 5.66. The predicted octanol–water partition coefficient (Wildman–Crippen LogP) is 3.15. The number of thiophene rings is 1. The van der Waals surface area contributed by atoms with Crippen LogP contribution < -0.4 is 5.32 Å². The molecule has 152 valence electrons. The van der Waals surface area contributed by atoms with Crippen molar-refractivity contribution in [3.63, 3.8) is 0 Å². The van der Waals surface area contributed by atoms with Gasteiger partial charge in [0.1, 0.15) is 21.3 Å². The molecule has 4 heterocycles. The molecule has 0 saturated carbocycles. The smallest absolute Gasteiger partial charge is 0.348 e. The van der Waals surface area contributed by atoms with Crippen molar-refractivity contribution in [3.05, 3.63) is 16.3 Å². The minimum atomic E-state index is -0.279. The van der Waals surface area contributed by atoms with E-state index in [4.69, 9.17) is 9.47 Å². The van der Waals surface area contributed by atoms with Gasteiger partial charge in [-0.15, -0.1) is 11.3 Å². The molecule has 2 aromatic heterocycles. The van der Waals surface area contributed by atoms with Crippen molar-refractivity contribution in [2.75, 3.05) is 38.2 Å². The molecule has 2 aliphatic rings. The van der Waals surface area contributed by atoms with E-state index in [9.17, 15) is 4.79 Å². The number of rotatable bonds is 5. The average molecular weight is 405 g/mol. The van der Waals surface area contributed by atoms with Crippen LogP contribution in [-0.4, -0.2) is 65.8 Å². The number of nitrogens with zero attached hydrogens (tertiary/aromatic N) is 3. The molecule has 1 unspecified atom stereocenters. The molecule has 0 radical (unpaired) electrons. The van der Waals surface area contributed by atoms with E-state index in [1.54, 1.807) is 0 Å². The summed E-state index contributed by atoms with van der Waals surface area (Å²) >= 11 is 1.39. The van der Waals surface area contributed by atoms with Gasteiger partial charge in [-0.3, -0.25) is 4.90 Å². The molecule has 0 spiro atoms. The zero-order valence-electron chi connectivity index (χ0n) is 16.8. The first-order valence-corrected chi connectivity index (χ1v) is 10.9. The highest BCUT2D eigenvalue weighted by Crippen LogP contribution is 2.35. The van der Waals surface area contributed by atoms with Gasteiger partial charge in [0.25, 0.3) is 0 Å². The van der Waals surface area contributed by atoms with Gasteiger partial charge in [0.05, 0.1) is 18.6 Å². The topological polar surface area (TPSA) is 76.6 Å². The zero-order chi connectivity index (χ0) is 19.7. The van der Waals surface area contributed by atoms with Gasteiger partial charge >= 0.3 is 5.97 Å². The van der Waals surface area contributed by atoms with E-state index >= 15 is 0 Å². The Hall–Kier alpha value is -1.77. The number of hydrogen-bond acceptors (Lipinski definition) is 8. The standard InChI is InChI=1S/C20H28N4O3S/c1-4-27-20(25)17-12(2)16-18(21-13(3)22-19(16)28-17)23-14-5-8-24(9-6-14)15-7-10-26-11-15/h14-15H,4-11H2,1-3H3,(H,21,22,23). The molecule has 0 aromatic carbocycles. The van der Waals surface area contributed by atoms with Gasteiger partial charge in [-0.25, -0.2) is 14.8 Å². The average Bonchev–Trinajstić information content (AvgIpc) is 3.31. The van der Waals surface area contributed by atoms with Gasteiger partial charge in [-0.1, -0.05) is 0 Å². The van der Waals surface area contributed by atoms with Crippen molar-refractivity contribution >= 4 is 33.3 Å². The summed E-state index contributed by atoms with van der Waals surface area (Å²) in [6.07, 6.45) is 3.30. The predicted molar refractivity (Wildman–Crippen MR) is 110 cm³/mol. The van der Waals surface area contributed by atoms with E-state index in [1.807, 2.05) is 20.8 Å². The largest absolute Gasteiger partial charge is 0.462 e. The number of carbonyl (C=O) groups is 1. The number of fused-ring (bicyclic) bond motifs is 1. The van der Waals surface area contributed by atoms with E-state index in [2.05, 4.69) is 20.2 Å². The van der Waals surface area contributed by atoms with Crippen molar-refractivity contribution in [1.29, 1.82) is 0 Å². The SMILES string of the molecule is CCOC(=O)c1sc2nc(C)nc(NC3CCN(C4CCOC4)CC3)c2c1C. The molecule has 2 fully saturated rings. The fourth-order valence-electron chi connectivity index (χ4n) is 4.15. The number of hydrogen-bond donors (Lipinski definition) is 1. The van der Waals surface area contributed by atoms with Gasteiger partial charge in [0, 0.05) is 31.8 Å². The maximum absolute atomic E-state index is 12.3. The monoisotopic (exact) mass is 404 g/mol. The van der Waals surface area contributed by atoms with Crippen LogP contribution in [0.1, 0.15) is 47.2 Å². The van der Waals surface area contributed by atoms with Crippen molar-refractivity contribution in [2.45, 2.75) is 52.1 Å². The van der Waals surface area contributed by atoms with Gasteiger partial charge in [0.2, 0.25) is 0 Å². The lowest BCUT2D eigenvalue weighted by Crippen LogP contribution is -2.45. The highest BCUT2D eigenvalue weighted by Gasteiger charge is 2.28. The summed E-state index contributed by atoms with van der Waals surface area (Å²) in [7, 11) is 0. The molecule has 28 heavy (non-hydrogen) atoms. The van der Waals surface area contributed by atoms with E-state index in [-0.39, 0.29) is 5.97 Å². The second-order valence-corrected chi connectivity index (χ2v) is 8.55. The molecule has 0 amide bonds. The molecule has 0 aliphatic carbocycles. The zero-order valence-corrected chi connectivity index (χ0v) is 17.6. The Morgan fingerprint density at radius 1 is 1.29 bits per heavy atom. The number of carbonyl (C=O) groups excluding carboxylic acids is 1. The number of aryl methyl sites for hydroxylation is 2. The minimum absolute atomic E-state index is 0.279. The molecule has 0 bridgehead atoms. The Morgan fingerprint density at radius 3 is 2.75 bits per heavy atom. The first-order chi connectivity index (χ1) is 13.6. The quantitative estimate of drug-likeness (QED) is 0.767. The van der Waals surface area contributed by atoms with Crippen LogP contribution >= 0.6 is 11.3 Å². The second kappa shape index (κ2) is 8.31. The van der Waals surface area contributed by atoms with Crippen LogP contribution in [0, 0.1) is 13.8 Å². The number of ether oxygens (including phenoxy) is 2. The van der Waals surface area contributed by atoms with Crippen molar-refractivity contribution in [1.82, 2.24) is 14.9 Å². The number of esters is 1. The molecule has 2 aromatic rings.